The van der Waals surface area contributed by atoms with Gasteiger partial charge in [0, 0.05) is 10.7 Å². The predicted molar refractivity (Wildman–Crippen MR) is 55.5 cm³/mol. The van der Waals surface area contributed by atoms with Crippen molar-refractivity contribution in [2.24, 2.45) is 5.84 Å². The van der Waals surface area contributed by atoms with Crippen molar-refractivity contribution in [1.29, 1.82) is 0 Å². The Kier molecular flexibility index (Phi) is 5.02. The van der Waals surface area contributed by atoms with E-state index in [1.54, 1.807) is 24.0 Å². The first-order valence-corrected chi connectivity index (χ1v) is 4.90. The van der Waals surface area contributed by atoms with Crippen LogP contribution in [0.3, 0.4) is 0 Å². The van der Waals surface area contributed by atoms with Gasteiger partial charge in [0.2, 0.25) is 0 Å². The number of nitrogens with zero attached hydrogens (tertiary/aromatic N) is 1. The topological polar surface area (TPSA) is 86.5 Å². The highest BCUT2D eigenvalue weighted by atomic mass is 79.9. The number of carbonyl (C=O) groups excluding carboxylic acids is 1. The number of halogens is 1. The lowest BCUT2D eigenvalue weighted by Gasteiger charge is -2.05. The summed E-state index contributed by atoms with van der Waals surface area (Å²) in [6.07, 6.45) is 3.30. The Hall–Kier alpha value is -1.18. The van der Waals surface area contributed by atoms with E-state index in [0.717, 1.165) is 4.47 Å². The maximum Gasteiger partial charge on any atom is 0.329 e. The Bertz CT molecular complexity index is 335. The van der Waals surface area contributed by atoms with Crippen LogP contribution in [0.4, 0.5) is 0 Å². The maximum absolute atomic E-state index is 10.8. The SMILES string of the molecule is NNOC(=O)CCOc1cncc(Br)c1. The van der Waals surface area contributed by atoms with Crippen molar-refractivity contribution in [2.45, 2.75) is 6.42 Å². The normalized spacial score (nSPS) is 9.73. The molecule has 1 rings (SSSR count). The van der Waals surface area contributed by atoms with E-state index in [0.29, 0.717) is 5.75 Å². The molecule has 0 amide bonds. The highest BCUT2D eigenvalue weighted by molar-refractivity contribution is 9.10. The molecule has 0 aromatic carbocycles. The maximum atomic E-state index is 10.8. The lowest BCUT2D eigenvalue weighted by Crippen LogP contribution is -2.26. The zero-order chi connectivity index (χ0) is 11.1. The fourth-order valence-electron chi connectivity index (χ4n) is 0.840. The summed E-state index contributed by atoms with van der Waals surface area (Å²) in [5.74, 6) is 4.88. The van der Waals surface area contributed by atoms with Gasteiger partial charge in [-0.15, -0.1) is 0 Å². The molecular weight excluding hydrogens is 266 g/mol. The second kappa shape index (κ2) is 6.33. The Labute approximate surface area is 94.8 Å². The van der Waals surface area contributed by atoms with Crippen LogP contribution in [0, 0.1) is 0 Å². The van der Waals surface area contributed by atoms with Gasteiger partial charge in [-0.25, -0.2) is 5.84 Å². The van der Waals surface area contributed by atoms with Crippen LogP contribution in [-0.4, -0.2) is 17.6 Å². The number of hydrogen-bond donors (Lipinski definition) is 2. The number of hydrazine groups is 1. The second-order valence-corrected chi connectivity index (χ2v) is 3.44. The first kappa shape index (κ1) is 11.9. The van der Waals surface area contributed by atoms with E-state index >= 15 is 0 Å². The molecule has 0 aliphatic heterocycles. The predicted octanol–water partition coefficient (Wildman–Crippen LogP) is 0.534. The van der Waals surface area contributed by atoms with E-state index in [2.05, 4.69) is 25.8 Å². The molecule has 1 aromatic heterocycles. The molecule has 82 valence electrons. The molecule has 1 heterocycles. The Morgan fingerprint density at radius 2 is 2.40 bits per heavy atom. The van der Waals surface area contributed by atoms with Crippen molar-refractivity contribution < 1.29 is 14.4 Å². The molecule has 0 unspecified atom stereocenters. The molecule has 0 atom stereocenters. The molecule has 7 heteroatoms. The molecule has 1 aromatic rings. The van der Waals surface area contributed by atoms with Crippen molar-refractivity contribution in [3.63, 3.8) is 0 Å². The minimum absolute atomic E-state index is 0.108. The molecule has 0 aliphatic rings. The highest BCUT2D eigenvalue weighted by Gasteiger charge is 2.02. The van der Waals surface area contributed by atoms with Crippen molar-refractivity contribution in [3.8, 4) is 5.75 Å². The molecule has 0 aliphatic carbocycles. The van der Waals surface area contributed by atoms with Crippen LogP contribution >= 0.6 is 15.9 Å². The standard InChI is InChI=1S/C8H10BrN3O3/c9-6-3-7(5-11-4-6)14-2-1-8(13)15-12-10/h3-5,12H,1-2,10H2. The molecule has 0 fully saturated rings. The van der Waals surface area contributed by atoms with Gasteiger partial charge in [0.05, 0.1) is 19.2 Å². The minimum Gasteiger partial charge on any atom is -0.491 e. The molecule has 0 saturated carbocycles. The van der Waals surface area contributed by atoms with E-state index in [1.165, 1.54) is 0 Å². The monoisotopic (exact) mass is 275 g/mol. The van der Waals surface area contributed by atoms with Crippen molar-refractivity contribution in [1.82, 2.24) is 10.6 Å². The molecule has 0 spiro atoms. The van der Waals surface area contributed by atoms with Gasteiger partial charge in [0.1, 0.15) is 5.75 Å². The number of rotatable bonds is 5. The number of ether oxygens (including phenoxy) is 1. The van der Waals surface area contributed by atoms with Gasteiger partial charge in [0.25, 0.3) is 0 Å². The quantitative estimate of drug-likeness (QED) is 0.602. The molecule has 6 nitrogen and oxygen atoms in total. The van der Waals surface area contributed by atoms with E-state index < -0.39 is 5.97 Å². The van der Waals surface area contributed by atoms with E-state index in [1.807, 2.05) is 0 Å². The minimum atomic E-state index is -0.486. The molecule has 3 N–H and O–H groups in total. The number of hydrogen-bond acceptors (Lipinski definition) is 6. The second-order valence-electron chi connectivity index (χ2n) is 2.53. The Morgan fingerprint density at radius 3 is 3.07 bits per heavy atom. The largest absolute Gasteiger partial charge is 0.491 e. The smallest absolute Gasteiger partial charge is 0.329 e. The van der Waals surface area contributed by atoms with Crippen molar-refractivity contribution in [2.75, 3.05) is 6.61 Å². The molecule has 0 bridgehead atoms. The summed E-state index contributed by atoms with van der Waals surface area (Å²) >= 11 is 3.25. The van der Waals surface area contributed by atoms with Crippen LogP contribution < -0.4 is 16.2 Å². The lowest BCUT2D eigenvalue weighted by molar-refractivity contribution is -0.151. The lowest BCUT2D eigenvalue weighted by atomic mass is 10.4. The number of nitrogens with two attached hydrogens (primary N) is 1. The summed E-state index contributed by atoms with van der Waals surface area (Å²) in [5, 5.41) is 0. The zero-order valence-corrected chi connectivity index (χ0v) is 9.36. The Morgan fingerprint density at radius 1 is 1.60 bits per heavy atom. The van der Waals surface area contributed by atoms with Gasteiger partial charge in [-0.1, -0.05) is 5.59 Å². The molecule has 15 heavy (non-hydrogen) atoms. The van der Waals surface area contributed by atoms with E-state index in [9.17, 15) is 4.79 Å². The van der Waals surface area contributed by atoms with Gasteiger partial charge in [-0.05, 0) is 22.0 Å². The molecular formula is C8H10BrN3O3. The van der Waals surface area contributed by atoms with E-state index in [-0.39, 0.29) is 13.0 Å². The Balaban J connectivity index is 2.28. The van der Waals surface area contributed by atoms with Gasteiger partial charge in [-0.2, -0.15) is 0 Å². The number of aromatic nitrogens is 1. The van der Waals surface area contributed by atoms with Crippen LogP contribution in [0.15, 0.2) is 22.9 Å². The van der Waals surface area contributed by atoms with Crippen LogP contribution in [0.2, 0.25) is 0 Å². The van der Waals surface area contributed by atoms with Crippen LogP contribution in [0.5, 0.6) is 5.75 Å². The van der Waals surface area contributed by atoms with Crippen LogP contribution in [-0.2, 0) is 9.63 Å². The third-order valence-corrected chi connectivity index (χ3v) is 1.86. The number of carbonyl (C=O) groups is 1. The highest BCUT2D eigenvalue weighted by Crippen LogP contribution is 2.15. The zero-order valence-electron chi connectivity index (χ0n) is 7.77. The van der Waals surface area contributed by atoms with Gasteiger partial charge in [-0.3, -0.25) is 9.78 Å². The average Bonchev–Trinajstić information content (AvgIpc) is 2.18. The first-order valence-electron chi connectivity index (χ1n) is 4.11. The summed E-state index contributed by atoms with van der Waals surface area (Å²) in [5.41, 5.74) is 1.80. The van der Waals surface area contributed by atoms with Gasteiger partial charge < -0.3 is 9.57 Å². The number of nitrogens with one attached hydrogen (secondary N) is 1. The average molecular weight is 276 g/mol. The fraction of sp³-hybridized carbons (Fsp3) is 0.250. The summed E-state index contributed by atoms with van der Waals surface area (Å²) in [6.45, 7) is 0.207. The fourth-order valence-corrected chi connectivity index (χ4v) is 1.18. The third kappa shape index (κ3) is 4.73. The van der Waals surface area contributed by atoms with Crippen LogP contribution in [0.25, 0.3) is 0 Å². The van der Waals surface area contributed by atoms with Gasteiger partial charge >= 0.3 is 5.97 Å². The summed E-state index contributed by atoms with van der Waals surface area (Å²) in [6, 6.07) is 1.75. The molecule has 0 saturated heterocycles. The van der Waals surface area contributed by atoms with Gasteiger partial charge in [0.15, 0.2) is 0 Å². The van der Waals surface area contributed by atoms with Crippen LogP contribution in [0.1, 0.15) is 6.42 Å². The summed E-state index contributed by atoms with van der Waals surface area (Å²) in [7, 11) is 0. The first-order chi connectivity index (χ1) is 7.22. The third-order valence-electron chi connectivity index (χ3n) is 1.43. The number of pyridine rings is 1. The van der Waals surface area contributed by atoms with Crippen molar-refractivity contribution in [3.05, 3.63) is 22.9 Å². The van der Waals surface area contributed by atoms with E-state index in [4.69, 9.17) is 10.6 Å². The van der Waals surface area contributed by atoms with Crippen molar-refractivity contribution >= 4 is 21.9 Å². The summed E-state index contributed by atoms with van der Waals surface area (Å²) in [4.78, 5) is 19.0. The molecule has 0 radical (unpaired) electrons. The summed E-state index contributed by atoms with van der Waals surface area (Å²) < 4.78 is 6.05.